The van der Waals surface area contributed by atoms with E-state index in [2.05, 4.69) is 103 Å². The van der Waals surface area contributed by atoms with Crippen molar-refractivity contribution in [3.8, 4) is 0 Å². The Morgan fingerprint density at radius 3 is 1.90 bits per heavy atom. The Morgan fingerprint density at radius 1 is 0.897 bits per heavy atom. The van der Waals surface area contributed by atoms with Gasteiger partial charge in [0.1, 0.15) is 0 Å². The van der Waals surface area contributed by atoms with E-state index < -0.39 is 17.5 Å². The second kappa shape index (κ2) is 11.4. The van der Waals surface area contributed by atoms with Crippen LogP contribution in [0, 0.1) is 6.92 Å². The van der Waals surface area contributed by atoms with Crippen LogP contribution in [0.25, 0.3) is 0 Å². The van der Waals surface area contributed by atoms with E-state index in [0.29, 0.717) is 18.7 Å². The van der Waals surface area contributed by atoms with Crippen molar-refractivity contribution in [2.75, 3.05) is 13.1 Å². The van der Waals surface area contributed by atoms with Crippen LogP contribution in [-0.4, -0.2) is 33.6 Å². The molecule has 0 bridgehead atoms. The lowest BCUT2D eigenvalue weighted by molar-refractivity contribution is -0.125. The number of aromatic nitrogens is 2. The minimum Gasteiger partial charge on any atom is -0.348 e. The van der Waals surface area contributed by atoms with E-state index in [9.17, 15) is 9.59 Å². The third-order valence-electron chi connectivity index (χ3n) is 7.62. The number of ether oxygens (including phenoxy) is 1. The average molecular weight is 522 g/mol. The Morgan fingerprint density at radius 2 is 1.41 bits per heavy atom. The van der Waals surface area contributed by atoms with Crippen LogP contribution in [0.4, 0.5) is 0 Å². The fourth-order valence-corrected chi connectivity index (χ4v) is 5.76. The molecule has 4 aromatic rings. The van der Waals surface area contributed by atoms with Crippen LogP contribution in [0.5, 0.6) is 0 Å². The van der Waals surface area contributed by atoms with E-state index in [1.165, 1.54) is 4.57 Å². The number of morpholine rings is 1. The van der Waals surface area contributed by atoms with Crippen LogP contribution >= 0.6 is 0 Å². The van der Waals surface area contributed by atoms with E-state index in [-0.39, 0.29) is 11.7 Å². The summed E-state index contributed by atoms with van der Waals surface area (Å²) in [5.41, 5.74) is 3.46. The molecule has 6 nitrogen and oxygen atoms in total. The highest BCUT2D eigenvalue weighted by atomic mass is 16.5. The highest BCUT2D eigenvalue weighted by Crippen LogP contribution is 2.45. The first-order chi connectivity index (χ1) is 18.9. The molecule has 1 aliphatic heterocycles. The summed E-state index contributed by atoms with van der Waals surface area (Å²) in [6, 6.07) is 31.6. The topological polar surface area (TPSA) is 67.3 Å². The van der Waals surface area contributed by atoms with Crippen molar-refractivity contribution in [3.63, 3.8) is 0 Å². The molecule has 200 valence electrons. The molecule has 39 heavy (non-hydrogen) atoms. The molecular weight excluding hydrogens is 486 g/mol. The number of hydrogen-bond acceptors (Lipinski definition) is 4. The molecule has 1 saturated heterocycles. The molecule has 0 aliphatic carbocycles. The second-order valence-electron chi connectivity index (χ2n) is 10.1. The van der Waals surface area contributed by atoms with Gasteiger partial charge in [-0.3, -0.25) is 19.2 Å². The van der Waals surface area contributed by atoms with Crippen LogP contribution in [0.2, 0.25) is 0 Å². The first kappa shape index (κ1) is 26.6. The molecule has 0 radical (unpaired) electrons. The maximum Gasteiger partial charge on any atom is 0.330 e. The second-order valence-corrected chi connectivity index (χ2v) is 10.1. The zero-order chi connectivity index (χ0) is 27.4. The minimum absolute atomic E-state index is 0.252. The van der Waals surface area contributed by atoms with Gasteiger partial charge >= 0.3 is 5.69 Å². The van der Waals surface area contributed by atoms with E-state index in [1.807, 2.05) is 18.2 Å². The number of aromatic amines is 1. The Kier molecular flexibility index (Phi) is 7.77. The third-order valence-corrected chi connectivity index (χ3v) is 7.62. The summed E-state index contributed by atoms with van der Waals surface area (Å²) in [5.74, 6) is 0. The Labute approximate surface area is 229 Å². The predicted molar refractivity (Wildman–Crippen MR) is 155 cm³/mol. The Balaban J connectivity index is 1.77. The van der Waals surface area contributed by atoms with Gasteiger partial charge in [-0.1, -0.05) is 104 Å². The lowest BCUT2D eigenvalue weighted by Crippen LogP contribution is -2.57. The molecule has 1 aromatic heterocycles. The molecule has 5 rings (SSSR count). The monoisotopic (exact) mass is 521 g/mol. The summed E-state index contributed by atoms with van der Waals surface area (Å²) >= 11 is 0. The maximum absolute atomic E-state index is 13.1. The van der Waals surface area contributed by atoms with Crippen molar-refractivity contribution in [2.45, 2.75) is 45.1 Å². The van der Waals surface area contributed by atoms with Crippen LogP contribution in [-0.2, 0) is 10.3 Å². The molecule has 1 aliphatic rings. The minimum atomic E-state index is -0.655. The molecule has 2 heterocycles. The van der Waals surface area contributed by atoms with Gasteiger partial charge in [-0.25, -0.2) is 4.79 Å². The number of benzene rings is 3. The standard InChI is InChI=1S/C33H35N3O3/c1-4-14-24(2)29-22-35(23-30(39-29)36-21-25(3)31(37)34-32(36)38)33(26-15-8-5-9-16-26,27-17-10-6-11-18-27)28-19-12-7-13-20-28/h5-21,29-30H,4,22-23H2,1-3H3,(H,34,37,38). The summed E-state index contributed by atoms with van der Waals surface area (Å²) in [4.78, 5) is 30.1. The van der Waals surface area contributed by atoms with Gasteiger partial charge < -0.3 is 4.74 Å². The fourth-order valence-electron chi connectivity index (χ4n) is 5.76. The molecule has 2 unspecified atom stereocenters. The van der Waals surface area contributed by atoms with Crippen LogP contribution in [0.15, 0.2) is 118 Å². The van der Waals surface area contributed by atoms with E-state index in [4.69, 9.17) is 4.74 Å². The fraction of sp³-hybridized carbons (Fsp3) is 0.273. The van der Waals surface area contributed by atoms with Gasteiger partial charge in [0, 0.05) is 24.8 Å². The number of allylic oxidation sites excluding steroid dienone is 1. The number of H-pyrrole nitrogens is 1. The molecule has 0 saturated carbocycles. The maximum atomic E-state index is 13.1. The van der Waals surface area contributed by atoms with E-state index >= 15 is 0 Å². The summed E-state index contributed by atoms with van der Waals surface area (Å²) in [6.07, 6.45) is 3.82. The first-order valence-corrected chi connectivity index (χ1v) is 13.5. The van der Waals surface area contributed by atoms with E-state index in [0.717, 1.165) is 28.7 Å². The van der Waals surface area contributed by atoms with Crippen molar-refractivity contribution >= 4 is 0 Å². The number of nitrogens with one attached hydrogen (secondary N) is 1. The summed E-state index contributed by atoms with van der Waals surface area (Å²) in [6.45, 7) is 6.95. The van der Waals surface area contributed by atoms with Crippen molar-refractivity contribution in [3.05, 3.63) is 152 Å². The molecule has 3 aromatic carbocycles. The van der Waals surface area contributed by atoms with Gasteiger partial charge in [0.05, 0.1) is 11.6 Å². The van der Waals surface area contributed by atoms with Gasteiger partial charge in [-0.05, 0) is 42.5 Å². The molecule has 1 N–H and O–H groups in total. The first-order valence-electron chi connectivity index (χ1n) is 13.5. The highest BCUT2D eigenvalue weighted by molar-refractivity contribution is 5.50. The normalized spacial score (nSPS) is 18.7. The van der Waals surface area contributed by atoms with Crippen molar-refractivity contribution in [2.24, 2.45) is 0 Å². The SMILES string of the molecule is CCC=C(C)C1CN(C(c2ccccc2)(c2ccccc2)c2ccccc2)CC(n2cc(C)c(=O)[nH]c2=O)O1. The van der Waals surface area contributed by atoms with E-state index in [1.54, 1.807) is 13.1 Å². The molecule has 0 spiro atoms. The number of aryl methyl sites for hydroxylation is 1. The number of rotatable bonds is 7. The summed E-state index contributed by atoms with van der Waals surface area (Å²) < 4.78 is 8.16. The average Bonchev–Trinajstić information content (AvgIpc) is 2.97. The zero-order valence-electron chi connectivity index (χ0n) is 22.7. The largest absolute Gasteiger partial charge is 0.348 e. The third kappa shape index (κ3) is 5.05. The van der Waals surface area contributed by atoms with Crippen LogP contribution < -0.4 is 11.2 Å². The Hall–Kier alpha value is -4.00. The van der Waals surface area contributed by atoms with Gasteiger partial charge in [0.15, 0.2) is 6.23 Å². The van der Waals surface area contributed by atoms with Crippen molar-refractivity contribution in [1.29, 1.82) is 0 Å². The summed E-state index contributed by atoms with van der Waals surface area (Å²) in [5, 5.41) is 0. The number of nitrogens with zero attached hydrogens (tertiary/aromatic N) is 2. The highest BCUT2D eigenvalue weighted by Gasteiger charge is 2.46. The lowest BCUT2D eigenvalue weighted by atomic mass is 9.75. The predicted octanol–water partition coefficient (Wildman–Crippen LogP) is 5.39. The molecule has 0 amide bonds. The molecular formula is C33H35N3O3. The Bertz CT molecular complexity index is 1450. The zero-order valence-corrected chi connectivity index (χ0v) is 22.7. The quantitative estimate of drug-likeness (QED) is 0.262. The van der Waals surface area contributed by atoms with Gasteiger partial charge in [-0.2, -0.15) is 0 Å². The molecule has 2 atom stereocenters. The van der Waals surface area contributed by atoms with Gasteiger partial charge in [0.2, 0.25) is 0 Å². The summed E-state index contributed by atoms with van der Waals surface area (Å²) in [7, 11) is 0. The van der Waals surface area contributed by atoms with Crippen LogP contribution in [0.3, 0.4) is 0 Å². The van der Waals surface area contributed by atoms with Crippen molar-refractivity contribution in [1.82, 2.24) is 14.5 Å². The van der Waals surface area contributed by atoms with Gasteiger partial charge in [-0.15, -0.1) is 0 Å². The molecule has 1 fully saturated rings. The molecule has 6 heteroatoms. The smallest absolute Gasteiger partial charge is 0.330 e. The van der Waals surface area contributed by atoms with Crippen LogP contribution in [0.1, 0.15) is 48.8 Å². The van der Waals surface area contributed by atoms with Gasteiger partial charge in [0.25, 0.3) is 5.56 Å². The lowest BCUT2D eigenvalue weighted by Gasteiger charge is -2.51. The van der Waals surface area contributed by atoms with Crippen molar-refractivity contribution < 1.29 is 4.74 Å². The number of hydrogen-bond donors (Lipinski definition) is 1.